The maximum atomic E-state index is 11.7. The maximum absolute atomic E-state index is 11.7. The van der Waals surface area contributed by atoms with E-state index in [4.69, 9.17) is 9.84 Å². The molecule has 3 N–H and O–H groups in total. The Morgan fingerprint density at radius 3 is 2.81 bits per heavy atom. The highest BCUT2D eigenvalue weighted by molar-refractivity contribution is 5.95. The van der Waals surface area contributed by atoms with Crippen LogP contribution in [0.2, 0.25) is 0 Å². The molecule has 0 aromatic heterocycles. The number of hydrogen-bond donors (Lipinski definition) is 3. The lowest BCUT2D eigenvalue weighted by molar-refractivity contribution is -0.914. The monoisotopic (exact) mass is 296 g/mol. The van der Waals surface area contributed by atoms with E-state index in [1.54, 1.807) is 18.2 Å². The number of carbonyl (C=O) groups excluding carboxylic acids is 2. The minimum absolute atomic E-state index is 0.0816. The number of nitrogens with one attached hydrogen (secondary N) is 2. The molecule has 116 valence electrons. The van der Waals surface area contributed by atoms with Crippen LogP contribution in [0.5, 0.6) is 5.75 Å². The minimum atomic E-state index is -1.35. The van der Waals surface area contributed by atoms with Gasteiger partial charge in [-0.3, -0.25) is 4.79 Å². The molecule has 0 saturated carbocycles. The fourth-order valence-corrected chi connectivity index (χ4v) is 1.68. The molecule has 0 spiro atoms. The van der Waals surface area contributed by atoms with Gasteiger partial charge in [-0.15, -0.1) is 0 Å². The molecule has 1 atom stereocenters. The Hall–Kier alpha value is -2.12. The molecule has 0 aliphatic carbocycles. The number of quaternary nitrogens is 1. The average molecular weight is 296 g/mol. The molecule has 7 heteroatoms. The summed E-state index contributed by atoms with van der Waals surface area (Å²) in [6.45, 7) is 3.31. The molecule has 1 amide bonds. The van der Waals surface area contributed by atoms with Gasteiger partial charge in [-0.2, -0.15) is 0 Å². The molecule has 0 radical (unpaired) electrons. The van der Waals surface area contributed by atoms with Gasteiger partial charge in [-0.05, 0) is 25.1 Å². The SMILES string of the molecule is CC[NH+](CCO)COc1cccc(C(=O)NCC(=O)[O-])c1. The zero-order chi connectivity index (χ0) is 15.7. The molecule has 1 rings (SSSR count). The van der Waals surface area contributed by atoms with E-state index in [1.807, 2.05) is 6.92 Å². The van der Waals surface area contributed by atoms with E-state index < -0.39 is 18.4 Å². The van der Waals surface area contributed by atoms with Gasteiger partial charge in [0.1, 0.15) is 12.3 Å². The first-order valence-electron chi connectivity index (χ1n) is 6.72. The van der Waals surface area contributed by atoms with Crippen LogP contribution in [0.15, 0.2) is 24.3 Å². The molecule has 0 aliphatic heterocycles. The number of carbonyl (C=O) groups is 2. The molecule has 1 aromatic rings. The third-order valence-electron chi connectivity index (χ3n) is 2.90. The molecule has 1 aromatic carbocycles. The van der Waals surface area contributed by atoms with Crippen molar-refractivity contribution in [3.05, 3.63) is 29.8 Å². The van der Waals surface area contributed by atoms with Crippen molar-refractivity contribution in [2.75, 3.05) is 33.0 Å². The van der Waals surface area contributed by atoms with Gasteiger partial charge in [0.15, 0.2) is 0 Å². The lowest BCUT2D eigenvalue weighted by Crippen LogP contribution is -3.13. The predicted molar refractivity (Wildman–Crippen MR) is 72.7 cm³/mol. The van der Waals surface area contributed by atoms with Crippen LogP contribution < -0.4 is 20.1 Å². The van der Waals surface area contributed by atoms with Crippen molar-refractivity contribution in [1.29, 1.82) is 0 Å². The van der Waals surface area contributed by atoms with Crippen LogP contribution in [0.25, 0.3) is 0 Å². The summed E-state index contributed by atoms with van der Waals surface area (Å²) < 4.78 is 5.57. The second-order valence-electron chi connectivity index (χ2n) is 4.45. The second-order valence-corrected chi connectivity index (χ2v) is 4.45. The molecule has 7 nitrogen and oxygen atoms in total. The molecule has 21 heavy (non-hydrogen) atoms. The molecule has 0 bridgehead atoms. The number of carboxylic acid groups (broad SMARTS) is 1. The van der Waals surface area contributed by atoms with Gasteiger partial charge in [0, 0.05) is 5.56 Å². The quantitative estimate of drug-likeness (QED) is 0.434. The Bertz CT molecular complexity index is 478. The second kappa shape index (κ2) is 8.93. The van der Waals surface area contributed by atoms with Crippen LogP contribution in [-0.4, -0.2) is 50.0 Å². The lowest BCUT2D eigenvalue weighted by atomic mass is 10.2. The summed E-state index contributed by atoms with van der Waals surface area (Å²) in [6, 6.07) is 6.47. The molecule has 0 fully saturated rings. The Kier molecular flexibility index (Phi) is 7.20. The van der Waals surface area contributed by atoms with E-state index in [0.29, 0.717) is 24.6 Å². The van der Waals surface area contributed by atoms with Gasteiger partial charge in [0.05, 0.1) is 25.7 Å². The number of benzene rings is 1. The Morgan fingerprint density at radius 2 is 2.19 bits per heavy atom. The molecule has 0 heterocycles. The molecule has 1 unspecified atom stereocenters. The van der Waals surface area contributed by atoms with Crippen LogP contribution in [0, 0.1) is 0 Å². The number of amides is 1. The Morgan fingerprint density at radius 1 is 1.43 bits per heavy atom. The first kappa shape index (κ1) is 16.9. The van der Waals surface area contributed by atoms with Gasteiger partial charge < -0.3 is 30.0 Å². The Balaban J connectivity index is 2.59. The van der Waals surface area contributed by atoms with Gasteiger partial charge in [-0.25, -0.2) is 0 Å². The lowest BCUT2D eigenvalue weighted by Gasteiger charge is -2.17. The highest BCUT2D eigenvalue weighted by atomic mass is 16.5. The van der Waals surface area contributed by atoms with Gasteiger partial charge >= 0.3 is 0 Å². The zero-order valence-electron chi connectivity index (χ0n) is 11.9. The minimum Gasteiger partial charge on any atom is -0.548 e. The smallest absolute Gasteiger partial charge is 0.251 e. The third-order valence-corrected chi connectivity index (χ3v) is 2.90. The standard InChI is InChI=1S/C14H20N2O5/c1-2-16(6-7-17)10-21-12-5-3-4-11(8-12)14(20)15-9-13(18)19/h3-5,8,17H,2,6-7,9-10H2,1H3,(H,15,20)(H,18,19). The van der Waals surface area contributed by atoms with Crippen molar-refractivity contribution in [2.24, 2.45) is 0 Å². The molecular weight excluding hydrogens is 276 g/mol. The largest absolute Gasteiger partial charge is 0.548 e. The van der Waals surface area contributed by atoms with Gasteiger partial charge in [0.2, 0.25) is 6.73 Å². The van der Waals surface area contributed by atoms with Crippen molar-refractivity contribution >= 4 is 11.9 Å². The van der Waals surface area contributed by atoms with Gasteiger partial charge in [-0.1, -0.05) is 6.07 Å². The van der Waals surface area contributed by atoms with E-state index in [-0.39, 0.29) is 6.61 Å². The van der Waals surface area contributed by atoms with E-state index in [2.05, 4.69) is 5.32 Å². The number of rotatable bonds is 9. The number of aliphatic hydroxyl groups is 1. The zero-order valence-corrected chi connectivity index (χ0v) is 11.9. The van der Waals surface area contributed by atoms with E-state index in [0.717, 1.165) is 11.4 Å². The average Bonchev–Trinajstić information content (AvgIpc) is 2.49. The summed E-state index contributed by atoms with van der Waals surface area (Å²) in [4.78, 5) is 23.1. The van der Waals surface area contributed by atoms with E-state index >= 15 is 0 Å². The number of carboxylic acids is 1. The Labute approximate surface area is 123 Å². The van der Waals surface area contributed by atoms with Crippen molar-refractivity contribution in [3.8, 4) is 5.75 Å². The van der Waals surface area contributed by atoms with Crippen LogP contribution in [0.3, 0.4) is 0 Å². The normalized spacial score (nSPS) is 11.7. The van der Waals surface area contributed by atoms with E-state index in [1.165, 1.54) is 6.07 Å². The molecule has 0 saturated heterocycles. The number of aliphatic hydroxyl groups excluding tert-OH is 1. The topological polar surface area (TPSA) is 103 Å². The number of aliphatic carboxylic acids is 1. The number of hydrogen-bond acceptors (Lipinski definition) is 5. The predicted octanol–water partition coefficient (Wildman–Crippen LogP) is -2.60. The van der Waals surface area contributed by atoms with Crippen LogP contribution in [0.4, 0.5) is 0 Å². The van der Waals surface area contributed by atoms with Crippen molar-refractivity contribution < 1.29 is 29.4 Å². The van der Waals surface area contributed by atoms with Crippen LogP contribution in [-0.2, 0) is 4.79 Å². The first-order valence-corrected chi connectivity index (χ1v) is 6.72. The van der Waals surface area contributed by atoms with E-state index in [9.17, 15) is 14.7 Å². The van der Waals surface area contributed by atoms with Crippen molar-refractivity contribution in [3.63, 3.8) is 0 Å². The molecular formula is C14H20N2O5. The van der Waals surface area contributed by atoms with Crippen molar-refractivity contribution in [2.45, 2.75) is 6.92 Å². The summed E-state index contributed by atoms with van der Waals surface area (Å²) in [5.41, 5.74) is 0.314. The highest BCUT2D eigenvalue weighted by Crippen LogP contribution is 2.12. The molecule has 0 aliphatic rings. The summed E-state index contributed by atoms with van der Waals surface area (Å²) in [6.07, 6.45) is 0. The van der Waals surface area contributed by atoms with Crippen LogP contribution >= 0.6 is 0 Å². The van der Waals surface area contributed by atoms with Crippen LogP contribution in [0.1, 0.15) is 17.3 Å². The summed E-state index contributed by atoms with van der Waals surface area (Å²) in [7, 11) is 0. The van der Waals surface area contributed by atoms with Crippen molar-refractivity contribution in [1.82, 2.24) is 5.32 Å². The fraction of sp³-hybridized carbons (Fsp3) is 0.429. The first-order chi connectivity index (χ1) is 10.1. The third kappa shape index (κ3) is 6.24. The maximum Gasteiger partial charge on any atom is 0.251 e. The highest BCUT2D eigenvalue weighted by Gasteiger charge is 2.08. The summed E-state index contributed by atoms with van der Waals surface area (Å²) in [5.74, 6) is -1.33. The van der Waals surface area contributed by atoms with Gasteiger partial charge in [0.25, 0.3) is 5.91 Å². The number of likely N-dealkylation sites (N-methyl/N-ethyl adjacent to an activating group) is 1. The summed E-state index contributed by atoms with van der Waals surface area (Å²) >= 11 is 0. The number of ether oxygens (including phenoxy) is 1. The summed E-state index contributed by atoms with van der Waals surface area (Å²) in [5, 5.41) is 21.4. The fourth-order valence-electron chi connectivity index (χ4n) is 1.68.